The second kappa shape index (κ2) is 9.73. The predicted octanol–water partition coefficient (Wildman–Crippen LogP) is 1.35. The Morgan fingerprint density at radius 1 is 0.967 bits per heavy atom. The molecule has 2 amide bonds. The first-order valence-electron chi connectivity index (χ1n) is 9.76. The van der Waals surface area contributed by atoms with E-state index in [1.165, 1.54) is 4.31 Å². The summed E-state index contributed by atoms with van der Waals surface area (Å²) in [5.74, 6) is 0.0798. The van der Waals surface area contributed by atoms with Crippen LogP contribution in [0.2, 0.25) is 0 Å². The number of nitrogens with zero attached hydrogens (tertiary/aromatic N) is 2. The highest BCUT2D eigenvalue weighted by molar-refractivity contribution is 7.89. The topological polar surface area (TPSA) is 96.0 Å². The molecule has 8 nitrogen and oxygen atoms in total. The molecule has 1 aliphatic rings. The zero-order chi connectivity index (χ0) is 21.6. The molecule has 160 valence electrons. The SMILES string of the molecule is CCOc1ccc(C(=O)NCC(=O)N2CCN(S(=O)(=O)c3ccccc3)CC2)cc1. The van der Waals surface area contributed by atoms with Gasteiger partial charge in [-0.2, -0.15) is 4.31 Å². The monoisotopic (exact) mass is 431 g/mol. The molecule has 0 aliphatic carbocycles. The Bertz CT molecular complexity index is 969. The molecule has 3 rings (SSSR count). The number of piperazine rings is 1. The van der Waals surface area contributed by atoms with Gasteiger partial charge in [-0.25, -0.2) is 8.42 Å². The minimum atomic E-state index is -3.57. The van der Waals surface area contributed by atoms with E-state index in [0.717, 1.165) is 0 Å². The predicted molar refractivity (Wildman–Crippen MR) is 112 cm³/mol. The second-order valence-electron chi connectivity index (χ2n) is 6.74. The van der Waals surface area contributed by atoms with Gasteiger partial charge < -0.3 is 15.0 Å². The average Bonchev–Trinajstić information content (AvgIpc) is 2.78. The van der Waals surface area contributed by atoms with Gasteiger partial charge >= 0.3 is 0 Å². The lowest BCUT2D eigenvalue weighted by atomic mass is 10.2. The smallest absolute Gasteiger partial charge is 0.251 e. The van der Waals surface area contributed by atoms with Crippen LogP contribution in [0.1, 0.15) is 17.3 Å². The first-order chi connectivity index (χ1) is 14.4. The van der Waals surface area contributed by atoms with Gasteiger partial charge in [0.15, 0.2) is 0 Å². The van der Waals surface area contributed by atoms with Crippen LogP contribution in [0.3, 0.4) is 0 Å². The van der Waals surface area contributed by atoms with Crippen LogP contribution in [0.15, 0.2) is 59.5 Å². The highest BCUT2D eigenvalue weighted by atomic mass is 32.2. The Kier molecular flexibility index (Phi) is 7.07. The normalized spacial score (nSPS) is 14.9. The molecule has 0 bridgehead atoms. The van der Waals surface area contributed by atoms with E-state index in [4.69, 9.17) is 4.74 Å². The van der Waals surface area contributed by atoms with Gasteiger partial charge in [-0.3, -0.25) is 9.59 Å². The van der Waals surface area contributed by atoms with Crippen LogP contribution in [-0.4, -0.2) is 68.8 Å². The molecule has 0 aromatic heterocycles. The van der Waals surface area contributed by atoms with Crippen molar-refractivity contribution in [1.29, 1.82) is 0 Å². The maximum atomic E-state index is 12.7. The van der Waals surface area contributed by atoms with Crippen molar-refractivity contribution in [3.05, 3.63) is 60.2 Å². The molecule has 2 aromatic carbocycles. The summed E-state index contributed by atoms with van der Waals surface area (Å²) in [5, 5.41) is 2.61. The molecule has 1 fully saturated rings. The molecule has 30 heavy (non-hydrogen) atoms. The Hall–Kier alpha value is -2.91. The standard InChI is InChI=1S/C21H25N3O5S/c1-2-29-18-10-8-17(9-11-18)21(26)22-16-20(25)23-12-14-24(15-13-23)30(27,28)19-6-4-3-5-7-19/h3-11H,2,12-16H2,1H3,(H,22,26). The number of rotatable bonds is 7. The number of sulfonamides is 1. The maximum absolute atomic E-state index is 12.7. The lowest BCUT2D eigenvalue weighted by Gasteiger charge is -2.34. The second-order valence-corrected chi connectivity index (χ2v) is 8.68. The molecule has 0 radical (unpaired) electrons. The minimum Gasteiger partial charge on any atom is -0.494 e. The van der Waals surface area contributed by atoms with Gasteiger partial charge in [0.05, 0.1) is 18.0 Å². The Labute approximate surface area is 176 Å². The number of benzene rings is 2. The molecule has 1 saturated heterocycles. The van der Waals surface area contributed by atoms with Crippen molar-refractivity contribution in [2.24, 2.45) is 0 Å². The summed E-state index contributed by atoms with van der Waals surface area (Å²) in [6, 6.07) is 14.9. The third-order valence-corrected chi connectivity index (χ3v) is 6.71. The maximum Gasteiger partial charge on any atom is 0.251 e. The summed E-state index contributed by atoms with van der Waals surface area (Å²) in [6.45, 7) is 3.28. The Morgan fingerprint density at radius 3 is 2.20 bits per heavy atom. The third-order valence-electron chi connectivity index (χ3n) is 4.80. The molecular weight excluding hydrogens is 406 g/mol. The number of ether oxygens (including phenoxy) is 1. The van der Waals surface area contributed by atoms with Gasteiger partial charge in [-0.15, -0.1) is 0 Å². The fraction of sp³-hybridized carbons (Fsp3) is 0.333. The number of carbonyl (C=O) groups excluding carboxylic acids is 2. The number of amides is 2. The van der Waals surface area contributed by atoms with Crippen molar-refractivity contribution >= 4 is 21.8 Å². The summed E-state index contributed by atoms with van der Waals surface area (Å²) in [5.41, 5.74) is 0.435. The number of carbonyl (C=O) groups is 2. The summed E-state index contributed by atoms with van der Waals surface area (Å²) in [7, 11) is -3.57. The molecule has 2 aromatic rings. The van der Waals surface area contributed by atoms with Crippen molar-refractivity contribution in [3.63, 3.8) is 0 Å². The van der Waals surface area contributed by atoms with Gasteiger partial charge in [-0.05, 0) is 43.3 Å². The molecular formula is C21H25N3O5S. The quantitative estimate of drug-likeness (QED) is 0.714. The Morgan fingerprint density at radius 2 is 1.60 bits per heavy atom. The van der Waals surface area contributed by atoms with Crippen LogP contribution < -0.4 is 10.1 Å². The lowest BCUT2D eigenvalue weighted by Crippen LogP contribution is -2.52. The van der Waals surface area contributed by atoms with Crippen molar-refractivity contribution in [2.75, 3.05) is 39.3 Å². The minimum absolute atomic E-state index is 0.141. The summed E-state index contributed by atoms with van der Waals surface area (Å²) >= 11 is 0. The largest absolute Gasteiger partial charge is 0.494 e. The van der Waals surface area contributed by atoms with Gasteiger partial charge in [0.1, 0.15) is 5.75 Å². The fourth-order valence-corrected chi connectivity index (χ4v) is 4.60. The average molecular weight is 432 g/mol. The van der Waals surface area contributed by atoms with E-state index in [0.29, 0.717) is 17.9 Å². The zero-order valence-corrected chi connectivity index (χ0v) is 17.6. The molecule has 1 aliphatic heterocycles. The Balaban J connectivity index is 1.49. The van der Waals surface area contributed by atoms with Crippen molar-refractivity contribution < 1.29 is 22.7 Å². The molecule has 0 spiro atoms. The third kappa shape index (κ3) is 5.17. The fourth-order valence-electron chi connectivity index (χ4n) is 3.16. The summed E-state index contributed by atoms with van der Waals surface area (Å²) in [4.78, 5) is 26.5. The van der Waals surface area contributed by atoms with Crippen LogP contribution in [0.4, 0.5) is 0 Å². The molecule has 0 saturated carbocycles. The summed E-state index contributed by atoms with van der Waals surface area (Å²) < 4.78 is 32.0. The molecule has 1 N–H and O–H groups in total. The lowest BCUT2D eigenvalue weighted by molar-refractivity contribution is -0.131. The number of hydrogen-bond acceptors (Lipinski definition) is 5. The van der Waals surface area contributed by atoms with Crippen molar-refractivity contribution in [3.8, 4) is 5.75 Å². The van der Waals surface area contributed by atoms with E-state index in [1.54, 1.807) is 59.5 Å². The first-order valence-corrected chi connectivity index (χ1v) is 11.2. The van der Waals surface area contributed by atoms with Gasteiger partial charge in [0.25, 0.3) is 5.91 Å². The van der Waals surface area contributed by atoms with Gasteiger partial charge in [0, 0.05) is 31.7 Å². The van der Waals surface area contributed by atoms with E-state index in [2.05, 4.69) is 5.32 Å². The van der Waals surface area contributed by atoms with Crippen LogP contribution in [0.25, 0.3) is 0 Å². The zero-order valence-electron chi connectivity index (χ0n) is 16.8. The molecule has 0 unspecified atom stereocenters. The molecule has 9 heteroatoms. The number of hydrogen-bond donors (Lipinski definition) is 1. The van der Waals surface area contributed by atoms with Crippen LogP contribution >= 0.6 is 0 Å². The van der Waals surface area contributed by atoms with Gasteiger partial charge in [0.2, 0.25) is 15.9 Å². The van der Waals surface area contributed by atoms with Gasteiger partial charge in [-0.1, -0.05) is 18.2 Å². The van der Waals surface area contributed by atoms with E-state index in [1.807, 2.05) is 6.92 Å². The van der Waals surface area contributed by atoms with E-state index < -0.39 is 10.0 Å². The highest BCUT2D eigenvalue weighted by Crippen LogP contribution is 2.17. The van der Waals surface area contributed by atoms with E-state index in [-0.39, 0.29) is 49.4 Å². The van der Waals surface area contributed by atoms with E-state index >= 15 is 0 Å². The van der Waals surface area contributed by atoms with Crippen molar-refractivity contribution in [1.82, 2.24) is 14.5 Å². The summed E-state index contributed by atoms with van der Waals surface area (Å²) in [6.07, 6.45) is 0. The number of nitrogens with one attached hydrogen (secondary N) is 1. The van der Waals surface area contributed by atoms with E-state index in [9.17, 15) is 18.0 Å². The van der Waals surface area contributed by atoms with Crippen LogP contribution in [0, 0.1) is 0 Å². The first kappa shape index (κ1) is 21.8. The van der Waals surface area contributed by atoms with Crippen LogP contribution in [0.5, 0.6) is 5.75 Å². The molecule has 0 atom stereocenters. The van der Waals surface area contributed by atoms with Crippen LogP contribution in [-0.2, 0) is 14.8 Å². The highest BCUT2D eigenvalue weighted by Gasteiger charge is 2.29. The molecule has 1 heterocycles. The van der Waals surface area contributed by atoms with Crippen molar-refractivity contribution in [2.45, 2.75) is 11.8 Å².